The van der Waals surface area contributed by atoms with Crippen LogP contribution in [0.1, 0.15) is 12.5 Å². The van der Waals surface area contributed by atoms with Crippen LogP contribution in [0.15, 0.2) is 18.2 Å². The summed E-state index contributed by atoms with van der Waals surface area (Å²) in [7, 11) is 3.68. The van der Waals surface area contributed by atoms with Crippen molar-refractivity contribution in [3.63, 3.8) is 0 Å². The average molecular weight is 244 g/mol. The van der Waals surface area contributed by atoms with E-state index in [0.717, 1.165) is 17.9 Å². The maximum absolute atomic E-state index is 6.09. The normalized spacial score (nSPS) is 10.8. The second kappa shape index (κ2) is 6.74. The summed E-state index contributed by atoms with van der Waals surface area (Å²) in [5.41, 5.74) is 1.15. The van der Waals surface area contributed by atoms with Crippen molar-refractivity contribution in [2.24, 2.45) is 0 Å². The minimum atomic E-state index is 0.602. The highest BCUT2D eigenvalue weighted by atomic mass is 35.5. The van der Waals surface area contributed by atoms with Gasteiger partial charge in [-0.1, -0.05) is 17.7 Å². The first-order chi connectivity index (χ1) is 7.67. The molecule has 0 saturated carbocycles. The number of halogens is 1. The van der Waals surface area contributed by atoms with E-state index >= 15 is 0 Å². The zero-order valence-electron chi connectivity index (χ0n) is 10.00. The molecule has 0 bridgehead atoms. The first-order valence-electron chi connectivity index (χ1n) is 5.26. The third-order valence-electron chi connectivity index (χ3n) is 2.10. The molecule has 1 aromatic carbocycles. The standard InChI is InChI=1S/C12H18ClNO2/c1-4-16-12-6-5-10(7-11(12)13)8-14(2)9-15-3/h5-7H,4,8-9H2,1-3H3. The third-order valence-corrected chi connectivity index (χ3v) is 2.39. The predicted octanol–water partition coefficient (Wildman–Crippen LogP) is 2.77. The quantitative estimate of drug-likeness (QED) is 0.718. The third kappa shape index (κ3) is 4.00. The Kier molecular flexibility index (Phi) is 5.60. The molecule has 16 heavy (non-hydrogen) atoms. The molecule has 3 nitrogen and oxygen atoms in total. The van der Waals surface area contributed by atoms with E-state index in [9.17, 15) is 0 Å². The fourth-order valence-electron chi connectivity index (χ4n) is 1.49. The highest BCUT2D eigenvalue weighted by Crippen LogP contribution is 2.25. The number of hydrogen-bond donors (Lipinski definition) is 0. The van der Waals surface area contributed by atoms with Crippen molar-refractivity contribution < 1.29 is 9.47 Å². The van der Waals surface area contributed by atoms with Crippen LogP contribution in [0.5, 0.6) is 5.75 Å². The Hall–Kier alpha value is -0.770. The van der Waals surface area contributed by atoms with Crippen LogP contribution in [-0.4, -0.2) is 32.4 Å². The zero-order chi connectivity index (χ0) is 12.0. The Morgan fingerprint density at radius 2 is 2.12 bits per heavy atom. The van der Waals surface area contributed by atoms with Gasteiger partial charge in [-0.2, -0.15) is 0 Å². The van der Waals surface area contributed by atoms with Gasteiger partial charge in [-0.25, -0.2) is 0 Å². The maximum atomic E-state index is 6.09. The first kappa shape index (κ1) is 13.3. The number of methoxy groups -OCH3 is 1. The molecule has 0 aromatic heterocycles. The van der Waals surface area contributed by atoms with E-state index in [2.05, 4.69) is 4.90 Å². The van der Waals surface area contributed by atoms with Crippen LogP contribution >= 0.6 is 11.6 Å². The summed E-state index contributed by atoms with van der Waals surface area (Å²) in [6.07, 6.45) is 0. The van der Waals surface area contributed by atoms with Crippen molar-refractivity contribution >= 4 is 11.6 Å². The summed E-state index contributed by atoms with van der Waals surface area (Å²) in [4.78, 5) is 2.06. The monoisotopic (exact) mass is 243 g/mol. The average Bonchev–Trinajstić information content (AvgIpc) is 2.22. The van der Waals surface area contributed by atoms with Crippen LogP contribution in [0, 0.1) is 0 Å². The van der Waals surface area contributed by atoms with Crippen molar-refractivity contribution in [1.29, 1.82) is 0 Å². The second-order valence-corrected chi connectivity index (χ2v) is 4.04. The van der Waals surface area contributed by atoms with E-state index in [0.29, 0.717) is 18.4 Å². The molecule has 0 saturated heterocycles. The van der Waals surface area contributed by atoms with Crippen molar-refractivity contribution in [1.82, 2.24) is 4.90 Å². The largest absolute Gasteiger partial charge is 0.492 e. The van der Waals surface area contributed by atoms with Gasteiger partial charge in [0.2, 0.25) is 0 Å². The molecule has 90 valence electrons. The molecule has 0 amide bonds. The highest BCUT2D eigenvalue weighted by Gasteiger charge is 2.04. The summed E-state index contributed by atoms with van der Waals surface area (Å²) in [5, 5.41) is 0.658. The predicted molar refractivity (Wildman–Crippen MR) is 66.0 cm³/mol. The van der Waals surface area contributed by atoms with Gasteiger partial charge >= 0.3 is 0 Å². The van der Waals surface area contributed by atoms with E-state index in [1.807, 2.05) is 32.2 Å². The second-order valence-electron chi connectivity index (χ2n) is 3.63. The fraction of sp³-hybridized carbons (Fsp3) is 0.500. The van der Waals surface area contributed by atoms with Gasteiger partial charge < -0.3 is 9.47 Å². The van der Waals surface area contributed by atoms with Gasteiger partial charge in [0.25, 0.3) is 0 Å². The molecule has 0 radical (unpaired) electrons. The Morgan fingerprint density at radius 1 is 1.38 bits per heavy atom. The van der Waals surface area contributed by atoms with Crippen LogP contribution in [-0.2, 0) is 11.3 Å². The topological polar surface area (TPSA) is 21.7 Å². The summed E-state index contributed by atoms with van der Waals surface area (Å²) < 4.78 is 10.4. The van der Waals surface area contributed by atoms with Crippen molar-refractivity contribution in [3.8, 4) is 5.75 Å². The number of hydrogen-bond acceptors (Lipinski definition) is 3. The lowest BCUT2D eigenvalue weighted by Gasteiger charge is -2.16. The zero-order valence-corrected chi connectivity index (χ0v) is 10.8. The minimum absolute atomic E-state index is 0.602. The van der Waals surface area contributed by atoms with Crippen LogP contribution in [0.25, 0.3) is 0 Å². The van der Waals surface area contributed by atoms with Gasteiger partial charge in [0.15, 0.2) is 0 Å². The van der Waals surface area contributed by atoms with Crippen LogP contribution in [0.3, 0.4) is 0 Å². The van der Waals surface area contributed by atoms with Crippen molar-refractivity contribution in [3.05, 3.63) is 28.8 Å². The molecule has 0 fully saturated rings. The molecule has 0 atom stereocenters. The van der Waals surface area contributed by atoms with Crippen LogP contribution < -0.4 is 4.74 Å². The van der Waals surface area contributed by atoms with Gasteiger partial charge in [-0.05, 0) is 31.7 Å². The Bertz CT molecular complexity index is 331. The molecule has 0 N–H and O–H groups in total. The Balaban J connectivity index is 2.65. The smallest absolute Gasteiger partial charge is 0.137 e. The molecule has 4 heteroatoms. The van der Waals surface area contributed by atoms with Gasteiger partial charge in [-0.3, -0.25) is 4.90 Å². The molecule has 0 aliphatic heterocycles. The summed E-state index contributed by atoms with van der Waals surface area (Å²) in [6.45, 7) is 3.98. The van der Waals surface area contributed by atoms with E-state index < -0.39 is 0 Å². The molecule has 1 rings (SSSR count). The van der Waals surface area contributed by atoms with E-state index in [-0.39, 0.29) is 0 Å². The number of rotatable bonds is 6. The molecule has 0 spiro atoms. The van der Waals surface area contributed by atoms with Crippen LogP contribution in [0.2, 0.25) is 5.02 Å². The van der Waals surface area contributed by atoms with Gasteiger partial charge in [0.1, 0.15) is 5.75 Å². The fourth-order valence-corrected chi connectivity index (χ4v) is 1.75. The Labute approximate surface area is 102 Å². The summed E-state index contributed by atoms with van der Waals surface area (Å²) in [6, 6.07) is 5.85. The van der Waals surface area contributed by atoms with Gasteiger partial charge in [0.05, 0.1) is 18.4 Å². The maximum Gasteiger partial charge on any atom is 0.137 e. The van der Waals surface area contributed by atoms with Crippen LogP contribution in [0.4, 0.5) is 0 Å². The van der Waals surface area contributed by atoms with E-state index in [1.54, 1.807) is 7.11 Å². The lowest BCUT2D eigenvalue weighted by molar-refractivity contribution is 0.0771. The van der Waals surface area contributed by atoms with Gasteiger partial charge in [-0.15, -0.1) is 0 Å². The molecular formula is C12H18ClNO2. The molecule has 1 aromatic rings. The summed E-state index contributed by atoms with van der Waals surface area (Å²) in [5.74, 6) is 0.738. The molecule has 0 unspecified atom stereocenters. The highest BCUT2D eigenvalue weighted by molar-refractivity contribution is 6.32. The number of nitrogens with zero attached hydrogens (tertiary/aromatic N) is 1. The number of benzene rings is 1. The Morgan fingerprint density at radius 3 is 2.69 bits per heavy atom. The lowest BCUT2D eigenvalue weighted by atomic mass is 10.2. The lowest BCUT2D eigenvalue weighted by Crippen LogP contribution is -2.20. The molecule has 0 heterocycles. The summed E-state index contributed by atoms with van der Waals surface area (Å²) >= 11 is 6.09. The van der Waals surface area contributed by atoms with E-state index in [1.165, 1.54) is 0 Å². The molecule has 0 aliphatic rings. The van der Waals surface area contributed by atoms with Crippen molar-refractivity contribution in [2.75, 3.05) is 27.5 Å². The first-order valence-corrected chi connectivity index (χ1v) is 5.64. The molecule has 0 aliphatic carbocycles. The van der Waals surface area contributed by atoms with E-state index in [4.69, 9.17) is 21.1 Å². The van der Waals surface area contributed by atoms with Crippen molar-refractivity contribution in [2.45, 2.75) is 13.5 Å². The minimum Gasteiger partial charge on any atom is -0.492 e. The number of ether oxygens (including phenoxy) is 2. The van der Waals surface area contributed by atoms with Gasteiger partial charge in [0, 0.05) is 13.7 Å². The SMILES string of the molecule is CCOc1ccc(CN(C)COC)cc1Cl. The molecular weight excluding hydrogens is 226 g/mol.